The summed E-state index contributed by atoms with van der Waals surface area (Å²) in [5.74, 6) is -1.37. The van der Waals surface area contributed by atoms with Gasteiger partial charge in [0.2, 0.25) is 5.06 Å². The van der Waals surface area contributed by atoms with E-state index in [9.17, 15) is 14.3 Å². The van der Waals surface area contributed by atoms with Crippen LogP contribution in [0.5, 0.6) is 10.8 Å². The van der Waals surface area contributed by atoms with Gasteiger partial charge in [0.05, 0.1) is 23.9 Å². The summed E-state index contributed by atoms with van der Waals surface area (Å²) in [5.41, 5.74) is 8.35. The molecule has 8 nitrogen and oxygen atoms in total. The van der Waals surface area contributed by atoms with Crippen LogP contribution in [0.15, 0.2) is 30.5 Å². The Balaban J connectivity index is 1.99. The van der Waals surface area contributed by atoms with Gasteiger partial charge >= 0.3 is 5.97 Å². The smallest absolute Gasteiger partial charge is 0.336 e. The highest BCUT2D eigenvalue weighted by Gasteiger charge is 2.21. The topological polar surface area (TPSA) is 120 Å². The monoisotopic (exact) mass is 432 g/mol. The van der Waals surface area contributed by atoms with Crippen LogP contribution in [-0.2, 0) is 6.54 Å². The molecule has 0 aliphatic rings. The molecule has 2 aromatic heterocycles. The number of anilines is 1. The van der Waals surface area contributed by atoms with E-state index in [0.717, 1.165) is 23.4 Å². The summed E-state index contributed by atoms with van der Waals surface area (Å²) >= 11 is 1.22. The molecule has 2 heterocycles. The number of halogens is 1. The SMILES string of the molecule is CNCc1nsc(OC)c1-c1cnc(N)c(O[C@H](C)c2cc(F)ccc2C(=O)O)c1. The molecule has 0 bridgehead atoms. The number of carboxylic acids is 1. The predicted octanol–water partition coefficient (Wildman–Crippen LogP) is 3.49. The minimum Gasteiger partial charge on any atom is -0.486 e. The van der Waals surface area contributed by atoms with Gasteiger partial charge in [-0.05, 0) is 38.2 Å². The molecule has 0 aliphatic carbocycles. The van der Waals surface area contributed by atoms with Gasteiger partial charge in [0.15, 0.2) is 11.6 Å². The van der Waals surface area contributed by atoms with E-state index >= 15 is 0 Å². The molecule has 0 radical (unpaired) electrons. The lowest BCUT2D eigenvalue weighted by Crippen LogP contribution is -2.12. The molecule has 1 aromatic carbocycles. The Hall–Kier alpha value is -3.24. The largest absolute Gasteiger partial charge is 0.486 e. The summed E-state index contributed by atoms with van der Waals surface area (Å²) in [5, 5.41) is 13.1. The van der Waals surface area contributed by atoms with E-state index in [1.54, 1.807) is 26.3 Å². The van der Waals surface area contributed by atoms with Crippen LogP contribution >= 0.6 is 11.5 Å². The lowest BCUT2D eigenvalue weighted by atomic mass is 10.0. The van der Waals surface area contributed by atoms with Gasteiger partial charge in [0, 0.05) is 35.4 Å². The number of nitrogens with one attached hydrogen (secondary N) is 1. The van der Waals surface area contributed by atoms with Gasteiger partial charge in [-0.1, -0.05) is 0 Å². The summed E-state index contributed by atoms with van der Waals surface area (Å²) < 4.78 is 29.5. The van der Waals surface area contributed by atoms with Crippen LogP contribution in [0.25, 0.3) is 11.1 Å². The predicted molar refractivity (Wildman–Crippen MR) is 111 cm³/mol. The summed E-state index contributed by atoms with van der Waals surface area (Å²) in [6.45, 7) is 2.14. The molecule has 0 saturated heterocycles. The molecule has 158 valence electrons. The number of ether oxygens (including phenoxy) is 2. The van der Waals surface area contributed by atoms with Crippen LogP contribution in [0.3, 0.4) is 0 Å². The van der Waals surface area contributed by atoms with E-state index < -0.39 is 17.9 Å². The van der Waals surface area contributed by atoms with E-state index in [2.05, 4.69) is 14.7 Å². The van der Waals surface area contributed by atoms with Crippen molar-refractivity contribution in [2.75, 3.05) is 19.9 Å². The second-order valence-corrected chi connectivity index (χ2v) is 7.17. The van der Waals surface area contributed by atoms with Crippen molar-refractivity contribution in [2.24, 2.45) is 0 Å². The molecule has 3 rings (SSSR count). The number of hydrogen-bond acceptors (Lipinski definition) is 8. The maximum atomic E-state index is 13.7. The van der Waals surface area contributed by atoms with Gasteiger partial charge < -0.3 is 25.6 Å². The normalized spacial score (nSPS) is 11.9. The highest BCUT2D eigenvalue weighted by Crippen LogP contribution is 2.39. The Labute approximate surface area is 176 Å². The van der Waals surface area contributed by atoms with E-state index in [1.807, 2.05) is 7.05 Å². The molecule has 1 atom stereocenters. The van der Waals surface area contributed by atoms with Crippen molar-refractivity contribution >= 4 is 23.3 Å². The second-order valence-electron chi connectivity index (χ2n) is 6.43. The lowest BCUT2D eigenvalue weighted by molar-refractivity contribution is 0.0691. The van der Waals surface area contributed by atoms with Crippen molar-refractivity contribution < 1.29 is 23.8 Å². The molecule has 0 aliphatic heterocycles. The Kier molecular flexibility index (Phi) is 6.48. The summed E-state index contributed by atoms with van der Waals surface area (Å²) in [7, 11) is 3.37. The van der Waals surface area contributed by atoms with Crippen molar-refractivity contribution in [2.45, 2.75) is 19.6 Å². The second kappa shape index (κ2) is 9.06. The molecule has 0 spiro atoms. The molecule has 4 N–H and O–H groups in total. The fourth-order valence-electron chi connectivity index (χ4n) is 3.02. The third-order valence-electron chi connectivity index (χ3n) is 4.42. The third-order valence-corrected chi connectivity index (χ3v) is 5.27. The standard InChI is InChI=1S/C20H21FN4O4S/c1-10(14-7-12(21)4-5-13(14)19(26)27)29-16-6-11(8-24-18(16)22)17-15(9-23-2)25-30-20(17)28-3/h4-8,10,23H,9H2,1-3H3,(H2,22,24)(H,26,27)/t10-/m1/s1. The number of nitrogens with two attached hydrogens (primary N) is 1. The Morgan fingerprint density at radius 1 is 1.40 bits per heavy atom. The van der Waals surface area contributed by atoms with Gasteiger partial charge in [0.1, 0.15) is 11.9 Å². The van der Waals surface area contributed by atoms with E-state index in [0.29, 0.717) is 17.2 Å². The van der Waals surface area contributed by atoms with E-state index in [-0.39, 0.29) is 22.7 Å². The number of aromatic carboxylic acids is 1. The van der Waals surface area contributed by atoms with E-state index in [4.69, 9.17) is 15.2 Å². The number of methoxy groups -OCH3 is 1. The number of benzene rings is 1. The number of carboxylic acid groups (broad SMARTS) is 1. The van der Waals surface area contributed by atoms with Crippen molar-refractivity contribution in [1.29, 1.82) is 0 Å². The summed E-state index contributed by atoms with van der Waals surface area (Å²) in [6, 6.07) is 5.12. The number of nitrogen functional groups attached to an aromatic ring is 1. The van der Waals surface area contributed by atoms with Crippen molar-refractivity contribution in [3.05, 3.63) is 53.1 Å². The van der Waals surface area contributed by atoms with Gasteiger partial charge in [-0.2, -0.15) is 4.37 Å². The van der Waals surface area contributed by atoms with Crippen molar-refractivity contribution in [3.63, 3.8) is 0 Å². The van der Waals surface area contributed by atoms with Crippen LogP contribution < -0.4 is 20.5 Å². The van der Waals surface area contributed by atoms with Gasteiger partial charge in [-0.25, -0.2) is 14.2 Å². The fraction of sp³-hybridized carbons (Fsp3) is 0.250. The first-order valence-electron chi connectivity index (χ1n) is 8.98. The highest BCUT2D eigenvalue weighted by molar-refractivity contribution is 7.08. The van der Waals surface area contributed by atoms with Crippen LogP contribution in [0.2, 0.25) is 0 Å². The fourth-order valence-corrected chi connectivity index (χ4v) is 3.77. The zero-order chi connectivity index (χ0) is 21.8. The average molecular weight is 432 g/mol. The molecule has 0 saturated carbocycles. The average Bonchev–Trinajstić information content (AvgIpc) is 3.12. The maximum Gasteiger partial charge on any atom is 0.336 e. The zero-order valence-corrected chi connectivity index (χ0v) is 17.4. The molecule has 3 aromatic rings. The van der Waals surface area contributed by atoms with Crippen LogP contribution in [-0.4, -0.2) is 34.6 Å². The minimum absolute atomic E-state index is 0.0494. The number of rotatable bonds is 8. The van der Waals surface area contributed by atoms with Crippen LogP contribution in [0, 0.1) is 5.82 Å². The van der Waals surface area contributed by atoms with Crippen LogP contribution in [0.4, 0.5) is 10.2 Å². The number of aromatic nitrogens is 2. The summed E-state index contributed by atoms with van der Waals surface area (Å²) in [4.78, 5) is 15.7. The Morgan fingerprint density at radius 2 is 2.17 bits per heavy atom. The van der Waals surface area contributed by atoms with Crippen molar-refractivity contribution in [1.82, 2.24) is 14.7 Å². The number of hydrogen-bond donors (Lipinski definition) is 3. The van der Waals surface area contributed by atoms with Gasteiger partial charge in [-0.15, -0.1) is 0 Å². The van der Waals surface area contributed by atoms with Crippen molar-refractivity contribution in [3.8, 4) is 21.9 Å². The molecule has 10 heteroatoms. The van der Waals surface area contributed by atoms with E-state index in [1.165, 1.54) is 17.6 Å². The number of carbonyl (C=O) groups is 1. The summed E-state index contributed by atoms with van der Waals surface area (Å²) in [6.07, 6.45) is 0.800. The lowest BCUT2D eigenvalue weighted by Gasteiger charge is -2.18. The number of pyridine rings is 1. The molecule has 0 fully saturated rings. The van der Waals surface area contributed by atoms with Gasteiger partial charge in [-0.3, -0.25) is 0 Å². The van der Waals surface area contributed by atoms with Gasteiger partial charge in [0.25, 0.3) is 0 Å². The Bertz CT molecular complexity index is 1070. The molecule has 0 unspecified atom stereocenters. The number of nitrogens with zero attached hydrogens (tertiary/aromatic N) is 2. The Morgan fingerprint density at radius 3 is 2.83 bits per heavy atom. The molecular formula is C20H21FN4O4S. The minimum atomic E-state index is -1.17. The zero-order valence-electron chi connectivity index (χ0n) is 16.6. The molecule has 30 heavy (non-hydrogen) atoms. The highest BCUT2D eigenvalue weighted by atomic mass is 32.1. The van der Waals surface area contributed by atoms with Crippen LogP contribution in [0.1, 0.15) is 34.6 Å². The third kappa shape index (κ3) is 4.34. The first-order chi connectivity index (χ1) is 14.3. The maximum absolute atomic E-state index is 13.7. The first kappa shape index (κ1) is 21.5. The molecular weight excluding hydrogens is 411 g/mol. The molecule has 0 amide bonds. The quantitative estimate of drug-likeness (QED) is 0.495. The first-order valence-corrected chi connectivity index (χ1v) is 9.75.